The van der Waals surface area contributed by atoms with E-state index in [1.807, 2.05) is 13.0 Å². The first kappa shape index (κ1) is 17.0. The molecule has 1 saturated heterocycles. The number of rotatable bonds is 6. The van der Waals surface area contributed by atoms with Gasteiger partial charge in [0.25, 0.3) is 5.91 Å². The normalized spacial score (nSPS) is 15.4. The average molecular weight is 344 g/mol. The Morgan fingerprint density at radius 3 is 2.71 bits per heavy atom. The number of carbonyl (C=O) groups is 1. The Hall–Kier alpha value is -1.79. The number of carbonyl (C=O) groups excluding carboxylic acids is 1. The Kier molecular flexibility index (Phi) is 5.93. The molecule has 2 heterocycles. The summed E-state index contributed by atoms with van der Waals surface area (Å²) in [5, 5.41) is 7.03. The molecule has 0 spiro atoms. The molecule has 0 radical (unpaired) electrons. The van der Waals surface area contributed by atoms with Crippen LogP contribution in [0, 0.1) is 0 Å². The Morgan fingerprint density at radius 1 is 1.21 bits per heavy atom. The smallest absolute Gasteiger partial charge is 0.265 e. The van der Waals surface area contributed by atoms with Crippen molar-refractivity contribution >= 4 is 17.4 Å². The van der Waals surface area contributed by atoms with Crippen LogP contribution in [0.25, 0.3) is 0 Å². The molecule has 0 aliphatic carbocycles. The first-order chi connectivity index (χ1) is 11.8. The van der Waals surface area contributed by atoms with Crippen molar-refractivity contribution < 1.29 is 4.79 Å². The van der Waals surface area contributed by atoms with Crippen LogP contribution in [0.2, 0.25) is 0 Å². The van der Waals surface area contributed by atoms with Gasteiger partial charge in [0, 0.05) is 13.1 Å². The van der Waals surface area contributed by atoms with Crippen LogP contribution in [0.4, 0.5) is 0 Å². The third-order valence-corrected chi connectivity index (χ3v) is 5.26. The topological polar surface area (TPSA) is 58.1 Å². The predicted octanol–water partition coefficient (Wildman–Crippen LogP) is 3.02. The average Bonchev–Trinajstić information content (AvgIpc) is 3.10. The number of likely N-dealkylation sites (tertiary alicyclic amines) is 1. The van der Waals surface area contributed by atoms with E-state index in [-0.39, 0.29) is 5.91 Å². The lowest BCUT2D eigenvalue weighted by molar-refractivity contribution is 0.0953. The quantitative estimate of drug-likeness (QED) is 0.875. The van der Waals surface area contributed by atoms with Crippen molar-refractivity contribution in [1.82, 2.24) is 19.8 Å². The zero-order valence-corrected chi connectivity index (χ0v) is 14.9. The van der Waals surface area contributed by atoms with E-state index in [1.165, 1.54) is 55.0 Å². The molecule has 1 amide bonds. The van der Waals surface area contributed by atoms with Crippen LogP contribution in [-0.4, -0.2) is 33.5 Å². The van der Waals surface area contributed by atoms with Gasteiger partial charge in [0.05, 0.1) is 5.69 Å². The summed E-state index contributed by atoms with van der Waals surface area (Å²) in [6, 6.07) is 8.38. The van der Waals surface area contributed by atoms with Gasteiger partial charge in [-0.1, -0.05) is 42.1 Å². The summed E-state index contributed by atoms with van der Waals surface area (Å²) in [4.78, 5) is 15.5. The van der Waals surface area contributed by atoms with Gasteiger partial charge in [-0.05, 0) is 55.0 Å². The third kappa shape index (κ3) is 4.19. The van der Waals surface area contributed by atoms with Gasteiger partial charge >= 0.3 is 0 Å². The van der Waals surface area contributed by atoms with E-state index in [2.05, 4.69) is 38.0 Å². The standard InChI is InChI=1S/C18H24N4OS/c1-2-16-17(24-21-20-16)18(23)19-12-14-8-4-5-9-15(14)13-22-10-6-3-7-11-22/h4-5,8-9H,2-3,6-7,10-13H2,1H3,(H,19,23). The molecule has 3 rings (SSSR count). The van der Waals surface area contributed by atoms with Crippen molar-refractivity contribution in [3.63, 3.8) is 0 Å². The molecule has 0 saturated carbocycles. The van der Waals surface area contributed by atoms with Gasteiger partial charge in [0.15, 0.2) is 0 Å². The molecular formula is C18H24N4OS. The number of amides is 1. The van der Waals surface area contributed by atoms with E-state index in [4.69, 9.17) is 0 Å². The molecule has 1 aliphatic heterocycles. The van der Waals surface area contributed by atoms with Gasteiger partial charge in [-0.15, -0.1) is 5.10 Å². The van der Waals surface area contributed by atoms with Gasteiger partial charge in [-0.3, -0.25) is 9.69 Å². The van der Waals surface area contributed by atoms with Crippen LogP contribution in [0.15, 0.2) is 24.3 Å². The molecule has 24 heavy (non-hydrogen) atoms. The van der Waals surface area contributed by atoms with Gasteiger partial charge < -0.3 is 5.32 Å². The highest BCUT2D eigenvalue weighted by atomic mass is 32.1. The molecule has 1 aromatic heterocycles. The third-order valence-electron chi connectivity index (χ3n) is 4.50. The lowest BCUT2D eigenvalue weighted by Gasteiger charge is -2.27. The number of benzene rings is 1. The lowest BCUT2D eigenvalue weighted by atomic mass is 10.0. The molecule has 0 atom stereocenters. The molecule has 5 nitrogen and oxygen atoms in total. The fourth-order valence-electron chi connectivity index (χ4n) is 3.11. The largest absolute Gasteiger partial charge is 0.347 e. The molecule has 128 valence electrons. The fourth-order valence-corrected chi connectivity index (χ4v) is 3.78. The zero-order chi connectivity index (χ0) is 16.8. The number of aryl methyl sites for hydroxylation is 1. The second-order valence-corrected chi connectivity index (χ2v) is 6.94. The van der Waals surface area contributed by atoms with Gasteiger partial charge in [-0.2, -0.15) is 0 Å². The number of piperidine rings is 1. The molecular weight excluding hydrogens is 320 g/mol. The van der Waals surface area contributed by atoms with E-state index in [1.54, 1.807) is 0 Å². The number of nitrogens with zero attached hydrogens (tertiary/aromatic N) is 3. The number of aromatic nitrogens is 2. The fraction of sp³-hybridized carbons (Fsp3) is 0.500. The molecule has 6 heteroatoms. The van der Waals surface area contributed by atoms with E-state index >= 15 is 0 Å². The van der Waals surface area contributed by atoms with Crippen LogP contribution in [-0.2, 0) is 19.5 Å². The highest BCUT2D eigenvalue weighted by Gasteiger charge is 2.16. The minimum atomic E-state index is -0.0744. The van der Waals surface area contributed by atoms with Crippen molar-refractivity contribution in [2.75, 3.05) is 13.1 Å². The highest BCUT2D eigenvalue weighted by Crippen LogP contribution is 2.17. The Bertz CT molecular complexity index is 679. The van der Waals surface area contributed by atoms with E-state index in [0.717, 1.165) is 18.7 Å². The van der Waals surface area contributed by atoms with Crippen LogP contribution in [0.3, 0.4) is 0 Å². The second-order valence-electron chi connectivity index (χ2n) is 6.19. The van der Waals surface area contributed by atoms with Gasteiger partial charge in [0.1, 0.15) is 4.88 Å². The molecule has 2 aromatic rings. The van der Waals surface area contributed by atoms with Crippen molar-refractivity contribution in [2.24, 2.45) is 0 Å². The van der Waals surface area contributed by atoms with Crippen LogP contribution in [0.5, 0.6) is 0 Å². The number of nitrogens with one attached hydrogen (secondary N) is 1. The van der Waals surface area contributed by atoms with Crippen molar-refractivity contribution in [2.45, 2.75) is 45.7 Å². The predicted molar refractivity (Wildman–Crippen MR) is 96.0 cm³/mol. The van der Waals surface area contributed by atoms with Gasteiger partial charge in [-0.25, -0.2) is 0 Å². The van der Waals surface area contributed by atoms with E-state index in [0.29, 0.717) is 11.4 Å². The first-order valence-corrected chi connectivity index (χ1v) is 9.44. The molecule has 1 N–H and O–H groups in total. The monoisotopic (exact) mass is 344 g/mol. The maximum absolute atomic E-state index is 12.4. The molecule has 1 aromatic carbocycles. The molecule has 1 aliphatic rings. The summed E-state index contributed by atoms with van der Waals surface area (Å²) in [5.41, 5.74) is 3.27. The van der Waals surface area contributed by atoms with Crippen LogP contribution in [0.1, 0.15) is 52.7 Å². The summed E-state index contributed by atoms with van der Waals surface area (Å²) in [7, 11) is 0. The summed E-state index contributed by atoms with van der Waals surface area (Å²) in [6.07, 6.45) is 4.65. The first-order valence-electron chi connectivity index (χ1n) is 8.66. The maximum atomic E-state index is 12.4. The Labute approximate surface area is 147 Å². The minimum Gasteiger partial charge on any atom is -0.347 e. The Morgan fingerprint density at radius 2 is 1.96 bits per heavy atom. The number of hydrogen-bond acceptors (Lipinski definition) is 5. The molecule has 0 bridgehead atoms. The zero-order valence-electron chi connectivity index (χ0n) is 14.1. The molecule has 0 unspecified atom stereocenters. The van der Waals surface area contributed by atoms with Crippen LogP contribution < -0.4 is 5.32 Å². The van der Waals surface area contributed by atoms with E-state index in [9.17, 15) is 4.79 Å². The highest BCUT2D eigenvalue weighted by molar-refractivity contribution is 7.08. The summed E-state index contributed by atoms with van der Waals surface area (Å²) in [6.45, 7) is 5.85. The van der Waals surface area contributed by atoms with Crippen LogP contribution >= 0.6 is 11.5 Å². The van der Waals surface area contributed by atoms with Gasteiger partial charge in [0.2, 0.25) is 0 Å². The summed E-state index contributed by atoms with van der Waals surface area (Å²) >= 11 is 1.17. The Balaban J connectivity index is 1.63. The SMILES string of the molecule is CCc1nnsc1C(=O)NCc1ccccc1CN1CCCCC1. The van der Waals surface area contributed by atoms with Crippen molar-refractivity contribution in [1.29, 1.82) is 0 Å². The van der Waals surface area contributed by atoms with Crippen molar-refractivity contribution in [3.05, 3.63) is 46.0 Å². The van der Waals surface area contributed by atoms with Crippen molar-refractivity contribution in [3.8, 4) is 0 Å². The summed E-state index contributed by atoms with van der Waals surface area (Å²) < 4.78 is 3.89. The molecule has 1 fully saturated rings. The lowest BCUT2D eigenvalue weighted by Crippen LogP contribution is -2.30. The number of hydrogen-bond donors (Lipinski definition) is 1. The minimum absolute atomic E-state index is 0.0744. The summed E-state index contributed by atoms with van der Waals surface area (Å²) in [5.74, 6) is -0.0744. The maximum Gasteiger partial charge on any atom is 0.265 e. The van der Waals surface area contributed by atoms with E-state index < -0.39 is 0 Å². The second kappa shape index (κ2) is 8.35.